The van der Waals surface area contributed by atoms with Crippen LogP contribution >= 0.6 is 12.6 Å². The summed E-state index contributed by atoms with van der Waals surface area (Å²) in [4.78, 5) is 1.88. The molecule has 4 heteroatoms. The minimum Gasteiger partial charge on any atom is -0.293 e. The van der Waals surface area contributed by atoms with E-state index in [9.17, 15) is 8.78 Å². The molecule has 1 rings (SSSR count). The maximum atomic E-state index is 12.7. The number of rotatable bonds is 3. The summed E-state index contributed by atoms with van der Waals surface area (Å²) < 4.78 is 25.2. The van der Waals surface area contributed by atoms with E-state index in [2.05, 4.69) is 12.6 Å². The summed E-state index contributed by atoms with van der Waals surface area (Å²) in [6.07, 6.45) is 0. The smallest absolute Gasteiger partial charge is 0.159 e. The van der Waals surface area contributed by atoms with Crippen LogP contribution in [0, 0.1) is 11.6 Å². The second kappa shape index (κ2) is 4.58. The lowest BCUT2D eigenvalue weighted by Crippen LogP contribution is -2.15. The van der Waals surface area contributed by atoms with Crippen molar-refractivity contribution in [1.82, 2.24) is 4.90 Å². The molecule has 0 N–H and O–H groups in total. The summed E-state index contributed by atoms with van der Waals surface area (Å²) in [6.45, 7) is 0.570. The maximum absolute atomic E-state index is 12.7. The van der Waals surface area contributed by atoms with Crippen LogP contribution in [0.25, 0.3) is 0 Å². The normalized spacial score (nSPS) is 10.8. The van der Waals surface area contributed by atoms with Crippen LogP contribution in [-0.4, -0.2) is 17.8 Å². The summed E-state index contributed by atoms with van der Waals surface area (Å²) in [7, 11) is 1.86. The Hall–Kier alpha value is -0.610. The van der Waals surface area contributed by atoms with Gasteiger partial charge in [0.1, 0.15) is 0 Å². The molecule has 0 radical (unpaired) electrons. The molecule has 1 aromatic rings. The third kappa shape index (κ3) is 2.97. The number of halogens is 2. The van der Waals surface area contributed by atoms with Gasteiger partial charge in [0.05, 0.1) is 0 Å². The highest BCUT2D eigenvalue weighted by atomic mass is 32.1. The number of benzene rings is 1. The molecule has 0 heterocycles. The van der Waals surface area contributed by atoms with Crippen molar-refractivity contribution in [1.29, 1.82) is 0 Å². The first-order valence-corrected chi connectivity index (χ1v) is 4.50. The van der Waals surface area contributed by atoms with E-state index < -0.39 is 11.6 Å². The molecule has 0 saturated heterocycles. The van der Waals surface area contributed by atoms with Gasteiger partial charge in [0, 0.05) is 12.4 Å². The van der Waals surface area contributed by atoms with E-state index in [0.717, 1.165) is 11.6 Å². The topological polar surface area (TPSA) is 3.24 Å². The summed E-state index contributed by atoms with van der Waals surface area (Å²) in [6, 6.07) is 3.91. The van der Waals surface area contributed by atoms with Gasteiger partial charge in [-0.05, 0) is 24.7 Å². The van der Waals surface area contributed by atoms with Crippen LogP contribution < -0.4 is 0 Å². The largest absolute Gasteiger partial charge is 0.293 e. The lowest BCUT2D eigenvalue weighted by Gasteiger charge is -2.12. The van der Waals surface area contributed by atoms with Crippen molar-refractivity contribution in [2.45, 2.75) is 6.54 Å². The molecule has 1 nitrogen and oxygen atoms in total. The summed E-state index contributed by atoms with van der Waals surface area (Å²) >= 11 is 4.05. The Kier molecular flexibility index (Phi) is 3.69. The number of thiol groups is 1. The lowest BCUT2D eigenvalue weighted by molar-refractivity contribution is 0.385. The Labute approximate surface area is 81.8 Å². The van der Waals surface area contributed by atoms with Gasteiger partial charge in [-0.3, -0.25) is 4.90 Å². The molecule has 0 spiro atoms. The predicted molar refractivity (Wildman–Crippen MR) is 51.7 cm³/mol. The molecule has 0 saturated carbocycles. The zero-order valence-electron chi connectivity index (χ0n) is 7.30. The molecule has 0 aromatic heterocycles. The van der Waals surface area contributed by atoms with Gasteiger partial charge in [-0.15, -0.1) is 0 Å². The number of hydrogen-bond donors (Lipinski definition) is 1. The van der Waals surface area contributed by atoms with Crippen molar-refractivity contribution in [3.63, 3.8) is 0 Å². The van der Waals surface area contributed by atoms with Crippen molar-refractivity contribution in [2.24, 2.45) is 0 Å². The zero-order valence-corrected chi connectivity index (χ0v) is 8.19. The van der Waals surface area contributed by atoms with Gasteiger partial charge in [-0.2, -0.15) is 12.6 Å². The van der Waals surface area contributed by atoms with E-state index in [1.807, 2.05) is 11.9 Å². The molecule has 0 aliphatic rings. The third-order valence-corrected chi connectivity index (χ3v) is 2.16. The van der Waals surface area contributed by atoms with Crippen LogP contribution in [0.15, 0.2) is 18.2 Å². The fraction of sp³-hybridized carbons (Fsp3) is 0.333. The molecule has 0 atom stereocenters. The molecular weight excluding hydrogens is 192 g/mol. The fourth-order valence-corrected chi connectivity index (χ4v) is 1.10. The average molecular weight is 203 g/mol. The summed E-state index contributed by atoms with van der Waals surface area (Å²) in [5.74, 6) is -1.03. The average Bonchev–Trinajstić information content (AvgIpc) is 2.11. The highest BCUT2D eigenvalue weighted by molar-refractivity contribution is 7.80. The maximum Gasteiger partial charge on any atom is 0.159 e. The first-order chi connectivity index (χ1) is 6.13. The number of nitrogens with zero attached hydrogens (tertiary/aromatic N) is 1. The second-order valence-electron chi connectivity index (χ2n) is 2.90. The van der Waals surface area contributed by atoms with Gasteiger partial charge >= 0.3 is 0 Å². The minimum absolute atomic E-state index is 0.570. The summed E-state index contributed by atoms with van der Waals surface area (Å²) in [5.41, 5.74) is 0.746. The first-order valence-electron chi connectivity index (χ1n) is 3.87. The van der Waals surface area contributed by atoms with Gasteiger partial charge in [-0.25, -0.2) is 8.78 Å². The van der Waals surface area contributed by atoms with Crippen LogP contribution in [0.5, 0.6) is 0 Å². The molecule has 0 unspecified atom stereocenters. The van der Waals surface area contributed by atoms with Crippen LogP contribution in [0.3, 0.4) is 0 Å². The Morgan fingerprint density at radius 2 is 2.00 bits per heavy atom. The van der Waals surface area contributed by atoms with Gasteiger partial charge < -0.3 is 0 Å². The van der Waals surface area contributed by atoms with Crippen molar-refractivity contribution < 1.29 is 8.78 Å². The molecule has 0 bridgehead atoms. The molecule has 0 amide bonds. The predicted octanol–water partition coefficient (Wildman–Crippen LogP) is 2.28. The van der Waals surface area contributed by atoms with E-state index >= 15 is 0 Å². The molecule has 13 heavy (non-hydrogen) atoms. The Bertz CT molecular complexity index is 291. The highest BCUT2D eigenvalue weighted by Crippen LogP contribution is 2.10. The SMILES string of the molecule is CN(CS)Cc1ccc(F)c(F)c1. The van der Waals surface area contributed by atoms with E-state index in [-0.39, 0.29) is 0 Å². The quantitative estimate of drug-likeness (QED) is 0.582. The Balaban J connectivity index is 2.73. The van der Waals surface area contributed by atoms with E-state index in [0.29, 0.717) is 12.4 Å². The van der Waals surface area contributed by atoms with Crippen LogP contribution in [0.1, 0.15) is 5.56 Å². The molecule has 0 aliphatic heterocycles. The second-order valence-corrected chi connectivity index (χ2v) is 3.19. The molecule has 0 aliphatic carbocycles. The van der Waals surface area contributed by atoms with E-state index in [4.69, 9.17) is 0 Å². The standard InChI is InChI=1S/C9H11F2NS/c1-12(6-13)5-7-2-3-8(10)9(11)4-7/h2-4,13H,5-6H2,1H3. The number of hydrogen-bond acceptors (Lipinski definition) is 2. The van der Waals surface area contributed by atoms with Gasteiger partial charge in [0.15, 0.2) is 11.6 Å². The van der Waals surface area contributed by atoms with Gasteiger partial charge in [-0.1, -0.05) is 6.07 Å². The lowest BCUT2D eigenvalue weighted by atomic mass is 10.2. The monoisotopic (exact) mass is 203 g/mol. The van der Waals surface area contributed by atoms with Crippen molar-refractivity contribution >= 4 is 12.6 Å². The van der Waals surface area contributed by atoms with Gasteiger partial charge in [0.2, 0.25) is 0 Å². The van der Waals surface area contributed by atoms with Gasteiger partial charge in [0.25, 0.3) is 0 Å². The summed E-state index contributed by atoms with van der Waals surface area (Å²) in [5, 5.41) is 0. The molecule has 0 fully saturated rings. The fourth-order valence-electron chi connectivity index (χ4n) is 1.000. The van der Waals surface area contributed by atoms with Crippen molar-refractivity contribution in [2.75, 3.05) is 12.9 Å². The third-order valence-electron chi connectivity index (χ3n) is 1.68. The van der Waals surface area contributed by atoms with Crippen LogP contribution in [-0.2, 0) is 6.54 Å². The van der Waals surface area contributed by atoms with Crippen LogP contribution in [0.2, 0.25) is 0 Å². The minimum atomic E-state index is -0.808. The Morgan fingerprint density at radius 1 is 1.31 bits per heavy atom. The first kappa shape index (κ1) is 10.5. The van der Waals surface area contributed by atoms with E-state index in [1.54, 1.807) is 6.07 Å². The van der Waals surface area contributed by atoms with Crippen LogP contribution in [0.4, 0.5) is 8.78 Å². The molecular formula is C9H11F2NS. The highest BCUT2D eigenvalue weighted by Gasteiger charge is 2.03. The van der Waals surface area contributed by atoms with Crippen molar-refractivity contribution in [3.05, 3.63) is 35.4 Å². The van der Waals surface area contributed by atoms with E-state index in [1.165, 1.54) is 6.07 Å². The Morgan fingerprint density at radius 3 is 2.54 bits per heavy atom. The van der Waals surface area contributed by atoms with Crippen molar-refractivity contribution in [3.8, 4) is 0 Å². The molecule has 1 aromatic carbocycles. The zero-order chi connectivity index (χ0) is 9.84. The molecule has 72 valence electrons.